The summed E-state index contributed by atoms with van der Waals surface area (Å²) in [6.45, 7) is 0. The minimum Gasteiger partial charge on any atom is -0.478 e. The Morgan fingerprint density at radius 1 is 1.20 bits per heavy atom. The zero-order chi connectivity index (χ0) is 10.7. The third-order valence-corrected chi connectivity index (χ3v) is 2.80. The average molecular weight is 202 g/mol. The number of aliphatic carboxylic acids is 1. The fraction of sp³-hybridized carbons (Fsp3) is 0.308. The zero-order valence-corrected chi connectivity index (χ0v) is 8.57. The van der Waals surface area contributed by atoms with Crippen LogP contribution in [0.15, 0.2) is 30.3 Å². The van der Waals surface area contributed by atoms with Gasteiger partial charge in [-0.25, -0.2) is 4.79 Å². The van der Waals surface area contributed by atoms with Gasteiger partial charge in [-0.1, -0.05) is 24.3 Å². The minimum absolute atomic E-state index is 0.846. The molecule has 0 fully saturated rings. The Bertz CT molecular complexity index is 405. The van der Waals surface area contributed by atoms with Crippen LogP contribution in [0.5, 0.6) is 0 Å². The van der Waals surface area contributed by atoms with Crippen LogP contribution < -0.4 is 0 Å². The molecule has 1 N–H and O–H groups in total. The maximum atomic E-state index is 10.7. The molecule has 0 spiro atoms. The van der Waals surface area contributed by atoms with E-state index in [2.05, 4.69) is 6.07 Å². The molecule has 15 heavy (non-hydrogen) atoms. The van der Waals surface area contributed by atoms with Crippen LogP contribution in [-0.4, -0.2) is 11.1 Å². The molecule has 0 saturated heterocycles. The Kier molecular flexibility index (Phi) is 2.86. The van der Waals surface area contributed by atoms with Crippen LogP contribution in [0, 0.1) is 0 Å². The third kappa shape index (κ3) is 2.27. The van der Waals surface area contributed by atoms with Crippen LogP contribution >= 0.6 is 0 Å². The molecule has 0 bridgehead atoms. The lowest BCUT2D eigenvalue weighted by molar-refractivity contribution is -0.131. The molecule has 0 aromatic heterocycles. The van der Waals surface area contributed by atoms with E-state index in [1.54, 1.807) is 0 Å². The van der Waals surface area contributed by atoms with Crippen molar-refractivity contribution in [3.05, 3.63) is 41.5 Å². The van der Waals surface area contributed by atoms with Crippen molar-refractivity contribution in [3.63, 3.8) is 0 Å². The van der Waals surface area contributed by atoms with E-state index in [9.17, 15) is 4.79 Å². The highest BCUT2D eigenvalue weighted by Crippen LogP contribution is 2.29. The molecule has 2 nitrogen and oxygen atoms in total. The summed E-state index contributed by atoms with van der Waals surface area (Å²) in [5.74, 6) is -0.846. The summed E-state index contributed by atoms with van der Waals surface area (Å²) in [6, 6.07) is 8.11. The van der Waals surface area contributed by atoms with E-state index in [1.165, 1.54) is 11.6 Å². The Labute approximate surface area is 89.2 Å². The second-order valence-electron chi connectivity index (χ2n) is 3.87. The van der Waals surface area contributed by atoms with Crippen LogP contribution in [0.3, 0.4) is 0 Å². The van der Waals surface area contributed by atoms with Crippen molar-refractivity contribution in [1.29, 1.82) is 0 Å². The largest absolute Gasteiger partial charge is 0.478 e. The third-order valence-electron chi connectivity index (χ3n) is 2.80. The molecule has 0 atom stereocenters. The quantitative estimate of drug-likeness (QED) is 0.561. The van der Waals surface area contributed by atoms with Gasteiger partial charge in [0.2, 0.25) is 0 Å². The van der Waals surface area contributed by atoms with Gasteiger partial charge in [0.25, 0.3) is 0 Å². The van der Waals surface area contributed by atoms with E-state index >= 15 is 0 Å². The normalized spacial score (nSPS) is 18.3. The highest BCUT2D eigenvalue weighted by Gasteiger charge is 2.12. The van der Waals surface area contributed by atoms with Gasteiger partial charge in [0.1, 0.15) is 0 Å². The van der Waals surface area contributed by atoms with E-state index in [0.29, 0.717) is 0 Å². The molecule has 1 aliphatic rings. The van der Waals surface area contributed by atoms with Crippen molar-refractivity contribution in [2.45, 2.75) is 25.7 Å². The molecular weight excluding hydrogens is 188 g/mol. The minimum atomic E-state index is -0.846. The van der Waals surface area contributed by atoms with Crippen molar-refractivity contribution < 1.29 is 9.90 Å². The van der Waals surface area contributed by atoms with Crippen LogP contribution in [0.25, 0.3) is 5.57 Å². The number of carboxylic acids is 1. The number of benzene rings is 1. The second-order valence-corrected chi connectivity index (χ2v) is 3.87. The fourth-order valence-corrected chi connectivity index (χ4v) is 2.12. The molecular formula is C13H14O2. The second kappa shape index (κ2) is 4.30. The van der Waals surface area contributed by atoms with E-state index in [0.717, 1.165) is 36.8 Å². The number of carbonyl (C=O) groups is 1. The Hall–Kier alpha value is -1.57. The van der Waals surface area contributed by atoms with Gasteiger partial charge in [-0.3, -0.25) is 0 Å². The lowest BCUT2D eigenvalue weighted by Gasteiger charge is -2.07. The van der Waals surface area contributed by atoms with Crippen LogP contribution in [0.2, 0.25) is 0 Å². The molecule has 0 aliphatic heterocycles. The first-order chi connectivity index (χ1) is 7.27. The molecule has 0 amide bonds. The maximum Gasteiger partial charge on any atom is 0.328 e. The predicted molar refractivity (Wildman–Crippen MR) is 59.6 cm³/mol. The van der Waals surface area contributed by atoms with Crippen molar-refractivity contribution in [2.75, 3.05) is 0 Å². The van der Waals surface area contributed by atoms with Crippen molar-refractivity contribution in [3.8, 4) is 0 Å². The number of carboxylic acid groups (broad SMARTS) is 1. The highest BCUT2D eigenvalue weighted by atomic mass is 16.4. The summed E-state index contributed by atoms with van der Waals surface area (Å²) in [5.41, 5.74) is 3.37. The molecule has 0 radical (unpaired) electrons. The van der Waals surface area contributed by atoms with Gasteiger partial charge in [0.05, 0.1) is 0 Å². The maximum absolute atomic E-state index is 10.7. The molecule has 0 heterocycles. The van der Waals surface area contributed by atoms with E-state index in [-0.39, 0.29) is 0 Å². The first-order valence-corrected chi connectivity index (χ1v) is 5.29. The van der Waals surface area contributed by atoms with Gasteiger partial charge >= 0.3 is 5.97 Å². The Balaban J connectivity index is 2.46. The number of fused-ring (bicyclic) bond motifs is 1. The molecule has 1 aliphatic carbocycles. The first kappa shape index (κ1) is 9.97. The number of allylic oxidation sites excluding steroid dienone is 1. The number of rotatable bonds is 1. The van der Waals surface area contributed by atoms with Gasteiger partial charge in [-0.05, 0) is 42.4 Å². The van der Waals surface area contributed by atoms with Gasteiger partial charge in [0, 0.05) is 6.08 Å². The monoisotopic (exact) mass is 202 g/mol. The van der Waals surface area contributed by atoms with Crippen molar-refractivity contribution in [2.24, 2.45) is 0 Å². The van der Waals surface area contributed by atoms with Crippen LogP contribution in [0.1, 0.15) is 30.4 Å². The SMILES string of the molecule is O=C(O)/C=C1/CCCCc2ccccc21. The van der Waals surface area contributed by atoms with Gasteiger partial charge in [0.15, 0.2) is 0 Å². The standard InChI is InChI=1S/C13H14O2/c14-13(15)9-11-7-2-1-5-10-6-3-4-8-12(10)11/h3-4,6,8-9H,1-2,5,7H2,(H,14,15)/b11-9-. The van der Waals surface area contributed by atoms with Crippen LogP contribution in [0.4, 0.5) is 0 Å². The number of aryl methyl sites for hydroxylation is 1. The summed E-state index contributed by atoms with van der Waals surface area (Å²) >= 11 is 0. The Morgan fingerprint density at radius 2 is 1.93 bits per heavy atom. The molecule has 1 aromatic carbocycles. The first-order valence-electron chi connectivity index (χ1n) is 5.29. The molecule has 2 rings (SSSR count). The molecule has 2 heteroatoms. The van der Waals surface area contributed by atoms with E-state index in [1.807, 2.05) is 18.2 Å². The lowest BCUT2D eigenvalue weighted by Crippen LogP contribution is -1.94. The summed E-state index contributed by atoms with van der Waals surface area (Å²) in [7, 11) is 0. The van der Waals surface area contributed by atoms with E-state index < -0.39 is 5.97 Å². The lowest BCUT2D eigenvalue weighted by atomic mass is 9.98. The van der Waals surface area contributed by atoms with Gasteiger partial charge < -0.3 is 5.11 Å². The van der Waals surface area contributed by atoms with Crippen molar-refractivity contribution in [1.82, 2.24) is 0 Å². The summed E-state index contributed by atoms with van der Waals surface area (Å²) in [4.78, 5) is 10.7. The molecule has 0 saturated carbocycles. The topological polar surface area (TPSA) is 37.3 Å². The highest BCUT2D eigenvalue weighted by molar-refractivity contribution is 5.90. The smallest absolute Gasteiger partial charge is 0.328 e. The zero-order valence-electron chi connectivity index (χ0n) is 8.57. The van der Waals surface area contributed by atoms with Gasteiger partial charge in [-0.2, -0.15) is 0 Å². The average Bonchev–Trinajstić information content (AvgIpc) is 2.41. The fourth-order valence-electron chi connectivity index (χ4n) is 2.12. The summed E-state index contributed by atoms with van der Waals surface area (Å²) < 4.78 is 0. The summed E-state index contributed by atoms with van der Waals surface area (Å²) in [5, 5.41) is 8.81. The summed E-state index contributed by atoms with van der Waals surface area (Å²) in [6.07, 6.45) is 5.52. The van der Waals surface area contributed by atoms with Gasteiger partial charge in [-0.15, -0.1) is 0 Å². The molecule has 1 aromatic rings. The number of hydrogen-bond acceptors (Lipinski definition) is 1. The number of hydrogen-bond donors (Lipinski definition) is 1. The van der Waals surface area contributed by atoms with E-state index in [4.69, 9.17) is 5.11 Å². The Morgan fingerprint density at radius 3 is 2.73 bits per heavy atom. The molecule has 0 unspecified atom stereocenters. The predicted octanol–water partition coefficient (Wildman–Crippen LogP) is 2.88. The van der Waals surface area contributed by atoms with Crippen molar-refractivity contribution >= 4 is 11.5 Å². The van der Waals surface area contributed by atoms with Crippen LogP contribution in [-0.2, 0) is 11.2 Å². The molecule has 78 valence electrons.